The molecule has 0 aliphatic heterocycles. The van der Waals surface area contributed by atoms with Gasteiger partial charge in [0.1, 0.15) is 0 Å². The van der Waals surface area contributed by atoms with Gasteiger partial charge < -0.3 is 11.1 Å². The molecule has 3 N–H and O–H groups in total. The zero-order chi connectivity index (χ0) is 12.0. The summed E-state index contributed by atoms with van der Waals surface area (Å²) in [6, 6.07) is 5.47. The second-order valence-corrected chi connectivity index (χ2v) is 4.80. The van der Waals surface area contributed by atoms with Gasteiger partial charge in [-0.3, -0.25) is 4.79 Å². The Balaban J connectivity index is 2.40. The molecular weight excluding hydrogens is 244 g/mol. The van der Waals surface area contributed by atoms with Crippen LogP contribution in [0.4, 0.5) is 5.69 Å². The third-order valence-electron chi connectivity index (χ3n) is 2.07. The summed E-state index contributed by atoms with van der Waals surface area (Å²) in [5.74, 6) is 0.897. The highest BCUT2D eigenvalue weighted by Crippen LogP contribution is 2.32. The molecule has 3 nitrogen and oxygen atoms in total. The van der Waals surface area contributed by atoms with Crippen molar-refractivity contribution in [1.82, 2.24) is 5.32 Å². The predicted octanol–water partition coefficient (Wildman–Crippen LogP) is 2.54. The summed E-state index contributed by atoms with van der Waals surface area (Å²) < 4.78 is 0. The second-order valence-electron chi connectivity index (χ2n) is 3.28. The molecule has 0 spiro atoms. The van der Waals surface area contributed by atoms with E-state index in [2.05, 4.69) is 5.32 Å². The Labute approximate surface area is 105 Å². The van der Waals surface area contributed by atoms with Gasteiger partial charge in [0.05, 0.1) is 5.02 Å². The fourth-order valence-electron chi connectivity index (χ4n) is 1.21. The van der Waals surface area contributed by atoms with E-state index in [1.165, 1.54) is 0 Å². The first-order valence-electron chi connectivity index (χ1n) is 5.02. The molecular formula is C11H15ClN2OS. The van der Waals surface area contributed by atoms with Gasteiger partial charge in [-0.05, 0) is 24.3 Å². The quantitative estimate of drug-likeness (QED) is 0.485. The van der Waals surface area contributed by atoms with Gasteiger partial charge in [0.25, 0.3) is 0 Å². The molecule has 5 heteroatoms. The highest BCUT2D eigenvalue weighted by Gasteiger charge is 2.05. The van der Waals surface area contributed by atoms with E-state index in [1.54, 1.807) is 18.8 Å². The van der Waals surface area contributed by atoms with Gasteiger partial charge >= 0.3 is 0 Å². The molecule has 1 amide bonds. The number of hydrogen-bond donors (Lipinski definition) is 2. The number of halogens is 1. The Morgan fingerprint density at radius 1 is 1.56 bits per heavy atom. The summed E-state index contributed by atoms with van der Waals surface area (Å²) in [4.78, 5) is 11.9. The molecule has 0 aliphatic rings. The smallest absolute Gasteiger partial charge is 0.219 e. The number of nitrogens with two attached hydrogens (primary N) is 1. The van der Waals surface area contributed by atoms with Crippen LogP contribution in [0, 0.1) is 0 Å². The standard InChI is InChI=1S/C11H15ClN2OS/c1-14-10(15)6-3-7-16-11-8(12)4-2-5-9(11)13/h2,4-5H,3,6-7,13H2,1H3,(H,14,15). The van der Waals surface area contributed by atoms with Crippen LogP contribution in [0.15, 0.2) is 23.1 Å². The molecule has 0 aliphatic carbocycles. The van der Waals surface area contributed by atoms with Crippen LogP contribution >= 0.6 is 23.4 Å². The fourth-order valence-corrected chi connectivity index (χ4v) is 2.49. The molecule has 0 saturated heterocycles. The molecule has 0 heterocycles. The minimum atomic E-state index is 0.0627. The van der Waals surface area contributed by atoms with E-state index in [0.29, 0.717) is 17.1 Å². The summed E-state index contributed by atoms with van der Waals surface area (Å²) in [6.07, 6.45) is 1.35. The van der Waals surface area contributed by atoms with Crippen molar-refractivity contribution in [3.63, 3.8) is 0 Å². The lowest BCUT2D eigenvalue weighted by Gasteiger charge is -2.06. The maximum absolute atomic E-state index is 11.0. The first-order valence-corrected chi connectivity index (χ1v) is 6.39. The zero-order valence-electron chi connectivity index (χ0n) is 9.13. The largest absolute Gasteiger partial charge is 0.398 e. The third kappa shape index (κ3) is 3.94. The van der Waals surface area contributed by atoms with Crippen LogP contribution in [-0.2, 0) is 4.79 Å². The number of nitrogens with one attached hydrogen (secondary N) is 1. The van der Waals surface area contributed by atoms with E-state index in [1.807, 2.05) is 18.2 Å². The minimum Gasteiger partial charge on any atom is -0.398 e. The lowest BCUT2D eigenvalue weighted by molar-refractivity contribution is -0.120. The molecule has 1 aromatic carbocycles. The van der Waals surface area contributed by atoms with E-state index >= 15 is 0 Å². The molecule has 0 bridgehead atoms. The number of benzene rings is 1. The molecule has 0 aromatic heterocycles. The number of rotatable bonds is 5. The molecule has 0 saturated carbocycles. The minimum absolute atomic E-state index is 0.0627. The first kappa shape index (κ1) is 13.2. The third-order valence-corrected chi connectivity index (χ3v) is 3.73. The van der Waals surface area contributed by atoms with E-state index in [-0.39, 0.29) is 5.91 Å². The van der Waals surface area contributed by atoms with Gasteiger partial charge in [-0.15, -0.1) is 11.8 Å². The highest BCUT2D eigenvalue weighted by atomic mass is 35.5. The summed E-state index contributed by atoms with van der Waals surface area (Å²) in [7, 11) is 1.64. The SMILES string of the molecule is CNC(=O)CCCSc1c(N)cccc1Cl. The van der Waals surface area contributed by atoms with E-state index < -0.39 is 0 Å². The van der Waals surface area contributed by atoms with Gasteiger partial charge in [-0.25, -0.2) is 0 Å². The maximum Gasteiger partial charge on any atom is 0.219 e. The number of carbonyl (C=O) groups is 1. The molecule has 1 rings (SSSR count). The molecule has 1 aromatic rings. The Morgan fingerprint density at radius 3 is 2.94 bits per heavy atom. The van der Waals surface area contributed by atoms with Gasteiger partial charge in [0.15, 0.2) is 0 Å². The van der Waals surface area contributed by atoms with Gasteiger partial charge in [0.2, 0.25) is 5.91 Å². The van der Waals surface area contributed by atoms with E-state index in [4.69, 9.17) is 17.3 Å². The highest BCUT2D eigenvalue weighted by molar-refractivity contribution is 7.99. The van der Waals surface area contributed by atoms with E-state index in [0.717, 1.165) is 17.1 Å². The Bertz CT molecular complexity index is 351. The van der Waals surface area contributed by atoms with Crippen molar-refractivity contribution in [2.45, 2.75) is 17.7 Å². The molecule has 0 atom stereocenters. The summed E-state index contributed by atoms with van der Waals surface area (Å²) in [6.45, 7) is 0. The first-order chi connectivity index (χ1) is 7.65. The molecule has 0 fully saturated rings. The van der Waals surface area contributed by atoms with E-state index in [9.17, 15) is 4.79 Å². The van der Waals surface area contributed by atoms with Crippen LogP contribution in [0.5, 0.6) is 0 Å². The van der Waals surface area contributed by atoms with Crippen LogP contribution in [-0.4, -0.2) is 18.7 Å². The number of thioether (sulfide) groups is 1. The van der Waals surface area contributed by atoms with Crippen LogP contribution < -0.4 is 11.1 Å². The lowest BCUT2D eigenvalue weighted by atomic mass is 10.3. The molecule has 0 unspecified atom stereocenters. The number of carbonyl (C=O) groups excluding carboxylic acids is 1. The Hall–Kier alpha value is -0.870. The van der Waals surface area contributed by atoms with Crippen molar-refractivity contribution < 1.29 is 4.79 Å². The van der Waals surface area contributed by atoms with Crippen molar-refractivity contribution in [2.24, 2.45) is 0 Å². The predicted molar refractivity (Wildman–Crippen MR) is 69.9 cm³/mol. The van der Waals surface area contributed by atoms with Crippen molar-refractivity contribution >= 4 is 35.0 Å². The van der Waals surface area contributed by atoms with Crippen LogP contribution in [0.25, 0.3) is 0 Å². The average Bonchev–Trinajstić information content (AvgIpc) is 2.27. The van der Waals surface area contributed by atoms with Gasteiger partial charge in [-0.1, -0.05) is 17.7 Å². The number of anilines is 1. The van der Waals surface area contributed by atoms with Crippen LogP contribution in [0.2, 0.25) is 5.02 Å². The van der Waals surface area contributed by atoms with Gasteiger partial charge in [-0.2, -0.15) is 0 Å². The summed E-state index contributed by atoms with van der Waals surface area (Å²) in [5, 5.41) is 3.26. The number of nitrogen functional groups attached to an aromatic ring is 1. The Morgan fingerprint density at radius 2 is 2.31 bits per heavy atom. The maximum atomic E-state index is 11.0. The number of amides is 1. The fraction of sp³-hybridized carbons (Fsp3) is 0.364. The second kappa shape index (κ2) is 6.66. The van der Waals surface area contributed by atoms with Crippen molar-refractivity contribution in [3.8, 4) is 0 Å². The Kier molecular flexibility index (Phi) is 5.49. The summed E-state index contributed by atoms with van der Waals surface area (Å²) >= 11 is 7.61. The average molecular weight is 259 g/mol. The normalized spacial score (nSPS) is 10.1. The van der Waals surface area contributed by atoms with Crippen LogP contribution in [0.1, 0.15) is 12.8 Å². The van der Waals surface area contributed by atoms with Crippen LogP contribution in [0.3, 0.4) is 0 Å². The lowest BCUT2D eigenvalue weighted by Crippen LogP contribution is -2.17. The molecule has 0 radical (unpaired) electrons. The summed E-state index contributed by atoms with van der Waals surface area (Å²) in [5.41, 5.74) is 6.50. The molecule has 16 heavy (non-hydrogen) atoms. The van der Waals surface area contributed by atoms with Crippen molar-refractivity contribution in [2.75, 3.05) is 18.5 Å². The van der Waals surface area contributed by atoms with Crippen molar-refractivity contribution in [1.29, 1.82) is 0 Å². The topological polar surface area (TPSA) is 55.1 Å². The molecule has 88 valence electrons. The monoisotopic (exact) mass is 258 g/mol. The van der Waals surface area contributed by atoms with Gasteiger partial charge in [0, 0.05) is 24.1 Å². The van der Waals surface area contributed by atoms with Crippen molar-refractivity contribution in [3.05, 3.63) is 23.2 Å². The zero-order valence-corrected chi connectivity index (χ0v) is 10.7. The number of hydrogen-bond acceptors (Lipinski definition) is 3.